The zero-order valence-corrected chi connectivity index (χ0v) is 16.4. The molecule has 0 radical (unpaired) electrons. The van der Waals surface area contributed by atoms with Crippen molar-refractivity contribution in [3.05, 3.63) is 100 Å². The van der Waals surface area contributed by atoms with Gasteiger partial charge < -0.3 is 5.32 Å². The molecule has 140 valence electrons. The van der Waals surface area contributed by atoms with Gasteiger partial charge in [0, 0.05) is 18.9 Å². The van der Waals surface area contributed by atoms with Crippen molar-refractivity contribution < 1.29 is 4.79 Å². The van der Waals surface area contributed by atoms with Crippen LogP contribution < -0.4 is 5.32 Å². The van der Waals surface area contributed by atoms with E-state index in [9.17, 15) is 4.79 Å². The number of rotatable bonds is 6. The number of nitrogens with one attached hydrogen (secondary N) is 1. The van der Waals surface area contributed by atoms with Gasteiger partial charge in [-0.2, -0.15) is 5.10 Å². The molecule has 2 heterocycles. The Kier molecular flexibility index (Phi) is 5.35. The molecule has 0 aliphatic carbocycles. The summed E-state index contributed by atoms with van der Waals surface area (Å²) in [4.78, 5) is 13.2. The summed E-state index contributed by atoms with van der Waals surface area (Å²) < 4.78 is 1.91. The monoisotopic (exact) mass is 387 g/mol. The molecular formula is C23H21N3OS. The normalized spacial score (nSPS) is 10.8. The number of nitrogens with zero attached hydrogens (tertiary/aromatic N) is 2. The van der Waals surface area contributed by atoms with Crippen molar-refractivity contribution in [2.24, 2.45) is 0 Å². The molecule has 4 aromatic rings. The molecule has 1 amide bonds. The summed E-state index contributed by atoms with van der Waals surface area (Å²) in [5.41, 5.74) is 5.59. The summed E-state index contributed by atoms with van der Waals surface area (Å²) in [6.07, 6.45) is 3.75. The lowest BCUT2D eigenvalue weighted by Gasteiger charge is -2.12. The van der Waals surface area contributed by atoms with Crippen LogP contribution in [0.3, 0.4) is 0 Å². The Morgan fingerprint density at radius 2 is 1.89 bits per heavy atom. The van der Waals surface area contributed by atoms with Crippen LogP contribution in [0.25, 0.3) is 11.1 Å². The van der Waals surface area contributed by atoms with E-state index in [0.29, 0.717) is 6.54 Å². The van der Waals surface area contributed by atoms with Gasteiger partial charge in [-0.25, -0.2) is 0 Å². The Morgan fingerprint density at radius 3 is 2.61 bits per heavy atom. The topological polar surface area (TPSA) is 46.9 Å². The highest BCUT2D eigenvalue weighted by Gasteiger charge is 2.11. The van der Waals surface area contributed by atoms with Gasteiger partial charge in [0.25, 0.3) is 5.91 Å². The largest absolute Gasteiger partial charge is 0.347 e. The predicted molar refractivity (Wildman–Crippen MR) is 113 cm³/mol. The van der Waals surface area contributed by atoms with Gasteiger partial charge in [0.15, 0.2) is 0 Å². The number of aryl methyl sites for hydroxylation is 1. The van der Waals surface area contributed by atoms with E-state index in [-0.39, 0.29) is 5.91 Å². The summed E-state index contributed by atoms with van der Waals surface area (Å²) in [7, 11) is 0. The van der Waals surface area contributed by atoms with Crippen LogP contribution in [0, 0.1) is 6.92 Å². The van der Waals surface area contributed by atoms with Crippen LogP contribution in [0.15, 0.2) is 78.4 Å². The van der Waals surface area contributed by atoms with Gasteiger partial charge in [-0.05, 0) is 52.3 Å². The number of amides is 1. The summed E-state index contributed by atoms with van der Waals surface area (Å²) in [5, 5.41) is 9.25. The van der Waals surface area contributed by atoms with E-state index in [4.69, 9.17) is 0 Å². The number of hydrogen-bond donors (Lipinski definition) is 1. The van der Waals surface area contributed by atoms with Crippen molar-refractivity contribution in [1.29, 1.82) is 0 Å². The molecule has 0 spiro atoms. The summed E-state index contributed by atoms with van der Waals surface area (Å²) in [6.45, 7) is 3.22. The second-order valence-corrected chi connectivity index (χ2v) is 7.59. The average molecular weight is 388 g/mol. The van der Waals surface area contributed by atoms with Crippen molar-refractivity contribution in [1.82, 2.24) is 15.1 Å². The van der Waals surface area contributed by atoms with Gasteiger partial charge >= 0.3 is 0 Å². The molecule has 4 nitrogen and oxygen atoms in total. The molecule has 0 saturated heterocycles. The van der Waals surface area contributed by atoms with Crippen molar-refractivity contribution in [3.63, 3.8) is 0 Å². The Hall–Kier alpha value is -3.18. The van der Waals surface area contributed by atoms with E-state index in [2.05, 4.69) is 46.8 Å². The molecule has 0 saturated carbocycles. The van der Waals surface area contributed by atoms with E-state index < -0.39 is 0 Å². The van der Waals surface area contributed by atoms with Gasteiger partial charge in [0.05, 0.1) is 11.4 Å². The number of hydrogen-bond acceptors (Lipinski definition) is 3. The van der Waals surface area contributed by atoms with E-state index in [1.807, 2.05) is 47.4 Å². The fourth-order valence-electron chi connectivity index (χ4n) is 3.19. The lowest BCUT2D eigenvalue weighted by atomic mass is 9.98. The zero-order chi connectivity index (χ0) is 19.3. The highest BCUT2D eigenvalue weighted by molar-refractivity contribution is 7.12. The minimum atomic E-state index is -0.0168. The molecule has 2 aromatic heterocycles. The minimum Gasteiger partial charge on any atom is -0.347 e. The number of aromatic nitrogens is 2. The maximum Gasteiger partial charge on any atom is 0.261 e. The molecule has 0 atom stereocenters. The molecule has 0 aliphatic heterocycles. The molecule has 28 heavy (non-hydrogen) atoms. The Morgan fingerprint density at radius 1 is 1.07 bits per heavy atom. The Balaban J connectivity index is 1.49. The predicted octanol–water partition coefficient (Wildman–Crippen LogP) is 4.90. The van der Waals surface area contributed by atoms with E-state index in [1.165, 1.54) is 16.9 Å². The second kappa shape index (κ2) is 8.23. The van der Waals surface area contributed by atoms with E-state index >= 15 is 0 Å². The third-order valence-electron chi connectivity index (χ3n) is 4.69. The first-order chi connectivity index (χ1) is 13.7. The minimum absolute atomic E-state index is 0.0168. The van der Waals surface area contributed by atoms with E-state index in [0.717, 1.165) is 33.7 Å². The molecule has 1 N–H and O–H groups in total. The summed E-state index contributed by atoms with van der Waals surface area (Å²) >= 11 is 1.48. The van der Waals surface area contributed by atoms with Gasteiger partial charge in [-0.3, -0.25) is 9.48 Å². The first-order valence-corrected chi connectivity index (χ1v) is 10.1. The second-order valence-electron chi connectivity index (χ2n) is 6.67. The zero-order valence-electron chi connectivity index (χ0n) is 15.6. The van der Waals surface area contributed by atoms with Crippen LogP contribution in [0.1, 0.15) is 26.4 Å². The maximum absolute atomic E-state index is 12.4. The van der Waals surface area contributed by atoms with Crippen molar-refractivity contribution in [2.75, 3.05) is 0 Å². The quantitative estimate of drug-likeness (QED) is 0.512. The molecule has 4 rings (SSSR count). The van der Waals surface area contributed by atoms with Gasteiger partial charge in [-0.15, -0.1) is 11.3 Å². The molecular weight excluding hydrogens is 366 g/mol. The average Bonchev–Trinajstić information content (AvgIpc) is 3.39. The standard InChI is InChI=1S/C23H21N3OS/c1-17-11-14-28-22(17)23(27)24-15-20-5-2-3-6-21(20)19-9-7-18(8-10-19)16-26-13-4-12-25-26/h2-14H,15-16H2,1H3,(H,24,27). The number of benzene rings is 2. The third kappa shape index (κ3) is 4.05. The van der Waals surface area contributed by atoms with Crippen LogP contribution in [0.2, 0.25) is 0 Å². The van der Waals surface area contributed by atoms with Crippen LogP contribution in [0.5, 0.6) is 0 Å². The molecule has 0 fully saturated rings. The number of carbonyl (C=O) groups is 1. The van der Waals surface area contributed by atoms with Crippen molar-refractivity contribution in [3.8, 4) is 11.1 Å². The van der Waals surface area contributed by atoms with Crippen LogP contribution in [-0.4, -0.2) is 15.7 Å². The van der Waals surface area contributed by atoms with Crippen LogP contribution >= 0.6 is 11.3 Å². The number of carbonyl (C=O) groups excluding carboxylic acids is 1. The SMILES string of the molecule is Cc1ccsc1C(=O)NCc1ccccc1-c1ccc(Cn2cccn2)cc1. The van der Waals surface area contributed by atoms with Crippen molar-refractivity contribution in [2.45, 2.75) is 20.0 Å². The Bertz CT molecular complexity index is 1070. The smallest absolute Gasteiger partial charge is 0.261 e. The van der Waals surface area contributed by atoms with Crippen molar-refractivity contribution >= 4 is 17.2 Å². The lowest BCUT2D eigenvalue weighted by molar-refractivity contribution is 0.0954. The molecule has 0 aliphatic rings. The third-order valence-corrected chi connectivity index (χ3v) is 5.71. The van der Waals surface area contributed by atoms with E-state index in [1.54, 1.807) is 6.20 Å². The summed E-state index contributed by atoms with van der Waals surface area (Å²) in [6, 6.07) is 20.6. The molecule has 0 bridgehead atoms. The van der Waals surface area contributed by atoms with Gasteiger partial charge in [0.1, 0.15) is 0 Å². The lowest BCUT2D eigenvalue weighted by Crippen LogP contribution is -2.22. The highest BCUT2D eigenvalue weighted by Crippen LogP contribution is 2.24. The summed E-state index contributed by atoms with van der Waals surface area (Å²) in [5.74, 6) is -0.0168. The molecule has 0 unspecified atom stereocenters. The van der Waals surface area contributed by atoms with Crippen LogP contribution in [-0.2, 0) is 13.1 Å². The van der Waals surface area contributed by atoms with Gasteiger partial charge in [0.2, 0.25) is 0 Å². The Labute approximate surface area is 168 Å². The molecule has 5 heteroatoms. The fourth-order valence-corrected chi connectivity index (χ4v) is 4.03. The van der Waals surface area contributed by atoms with Gasteiger partial charge in [-0.1, -0.05) is 48.5 Å². The number of thiophene rings is 1. The first kappa shape index (κ1) is 18.2. The maximum atomic E-state index is 12.4. The fraction of sp³-hybridized carbons (Fsp3) is 0.130. The van der Waals surface area contributed by atoms with Crippen LogP contribution in [0.4, 0.5) is 0 Å². The highest BCUT2D eigenvalue weighted by atomic mass is 32.1. The molecule has 2 aromatic carbocycles. The first-order valence-electron chi connectivity index (χ1n) is 9.17.